The van der Waals surface area contributed by atoms with Crippen molar-refractivity contribution in [2.24, 2.45) is 5.92 Å². The summed E-state index contributed by atoms with van der Waals surface area (Å²) in [6.07, 6.45) is 5.71. The molecule has 1 saturated carbocycles. The lowest BCUT2D eigenvalue weighted by Gasteiger charge is -2.26. The van der Waals surface area contributed by atoms with Gasteiger partial charge in [-0.2, -0.15) is 0 Å². The Hall–Kier alpha value is -1.91. The van der Waals surface area contributed by atoms with Gasteiger partial charge >= 0.3 is 0 Å². The second-order valence-corrected chi connectivity index (χ2v) is 5.67. The Labute approximate surface area is 116 Å². The minimum absolute atomic E-state index is 0.179. The average Bonchev–Trinajstić information content (AvgIpc) is 2.87. The molecule has 0 atom stereocenters. The van der Waals surface area contributed by atoms with Gasteiger partial charge in [-0.3, -0.25) is 4.79 Å². The van der Waals surface area contributed by atoms with Crippen molar-refractivity contribution in [3.63, 3.8) is 0 Å². The van der Waals surface area contributed by atoms with E-state index in [9.17, 15) is 9.18 Å². The zero-order valence-corrected chi connectivity index (χ0v) is 11.4. The van der Waals surface area contributed by atoms with Crippen molar-refractivity contribution in [1.82, 2.24) is 15.3 Å². The molecule has 2 aromatic rings. The maximum atomic E-state index is 13.6. The number of aromatic nitrogens is 2. The van der Waals surface area contributed by atoms with Crippen LogP contribution in [-0.2, 0) is 0 Å². The van der Waals surface area contributed by atoms with Gasteiger partial charge in [0.15, 0.2) is 0 Å². The van der Waals surface area contributed by atoms with Gasteiger partial charge in [-0.05, 0) is 43.7 Å². The number of amides is 1. The summed E-state index contributed by atoms with van der Waals surface area (Å²) in [7, 11) is 0. The maximum Gasteiger partial charge on any atom is 0.267 e. The van der Waals surface area contributed by atoms with Crippen molar-refractivity contribution in [1.29, 1.82) is 0 Å². The molecule has 2 N–H and O–H groups in total. The molecule has 0 saturated heterocycles. The molecule has 0 aliphatic heterocycles. The Balaban J connectivity index is 1.74. The molecule has 0 radical (unpaired) electrons. The van der Waals surface area contributed by atoms with Crippen molar-refractivity contribution in [2.45, 2.75) is 38.6 Å². The fourth-order valence-corrected chi connectivity index (χ4v) is 2.78. The first-order valence-electron chi connectivity index (χ1n) is 7.07. The van der Waals surface area contributed by atoms with Crippen LogP contribution >= 0.6 is 0 Å². The van der Waals surface area contributed by atoms with Crippen LogP contribution in [-0.4, -0.2) is 21.9 Å². The van der Waals surface area contributed by atoms with Crippen molar-refractivity contribution in [3.05, 3.63) is 29.8 Å². The second-order valence-electron chi connectivity index (χ2n) is 5.67. The first kappa shape index (κ1) is 13.1. The van der Waals surface area contributed by atoms with Crippen molar-refractivity contribution in [3.8, 4) is 0 Å². The zero-order chi connectivity index (χ0) is 14.1. The third kappa shape index (κ3) is 2.53. The molecular weight excluding hydrogens is 257 g/mol. The Morgan fingerprint density at radius 3 is 2.85 bits per heavy atom. The van der Waals surface area contributed by atoms with E-state index in [1.807, 2.05) is 0 Å². The van der Waals surface area contributed by atoms with Crippen molar-refractivity contribution < 1.29 is 9.18 Å². The molecule has 0 unspecified atom stereocenters. The number of fused-ring (bicyclic) bond motifs is 1. The standard InChI is InChI=1S/C15H18FN3O/c1-9-2-4-10(5-3-9)18-15(20)13-8-11-12(16)6-7-17-14(11)19-13/h6-10H,2-5H2,1H3,(H,17,19)(H,18,20)/t9-,10-. The van der Waals surface area contributed by atoms with E-state index in [4.69, 9.17) is 0 Å². The summed E-state index contributed by atoms with van der Waals surface area (Å²) in [6.45, 7) is 2.24. The predicted molar refractivity (Wildman–Crippen MR) is 74.9 cm³/mol. The lowest BCUT2D eigenvalue weighted by molar-refractivity contribution is 0.0918. The summed E-state index contributed by atoms with van der Waals surface area (Å²) in [6, 6.07) is 3.04. The van der Waals surface area contributed by atoms with Gasteiger partial charge < -0.3 is 10.3 Å². The van der Waals surface area contributed by atoms with Crippen molar-refractivity contribution in [2.75, 3.05) is 0 Å². The Kier molecular flexibility index (Phi) is 3.42. The molecule has 106 valence electrons. The van der Waals surface area contributed by atoms with Gasteiger partial charge in [0.05, 0.1) is 5.39 Å². The molecule has 1 aliphatic rings. The summed E-state index contributed by atoms with van der Waals surface area (Å²) in [5, 5.41) is 3.37. The summed E-state index contributed by atoms with van der Waals surface area (Å²) in [5.74, 6) is 0.202. The molecule has 0 bridgehead atoms. The number of hydrogen-bond donors (Lipinski definition) is 2. The van der Waals surface area contributed by atoms with Crippen LogP contribution in [0.25, 0.3) is 11.0 Å². The average molecular weight is 275 g/mol. The smallest absolute Gasteiger partial charge is 0.267 e. The van der Waals surface area contributed by atoms with E-state index in [1.165, 1.54) is 18.3 Å². The number of rotatable bonds is 2. The third-order valence-corrected chi connectivity index (χ3v) is 4.07. The Morgan fingerprint density at radius 1 is 1.40 bits per heavy atom. The summed E-state index contributed by atoms with van der Waals surface area (Å²) in [5.41, 5.74) is 0.781. The molecule has 3 rings (SSSR count). The molecular formula is C15H18FN3O. The normalized spacial score (nSPS) is 22.9. The van der Waals surface area contributed by atoms with Gasteiger partial charge in [0, 0.05) is 12.2 Å². The van der Waals surface area contributed by atoms with Crippen LogP contribution in [0, 0.1) is 11.7 Å². The highest BCUT2D eigenvalue weighted by Crippen LogP contribution is 2.24. The van der Waals surface area contributed by atoms with Gasteiger partial charge in [-0.15, -0.1) is 0 Å². The summed E-state index contributed by atoms with van der Waals surface area (Å²) in [4.78, 5) is 19.1. The molecule has 0 spiro atoms. The number of carbonyl (C=O) groups is 1. The summed E-state index contributed by atoms with van der Waals surface area (Å²) < 4.78 is 13.6. The van der Waals surface area contributed by atoms with E-state index in [1.54, 1.807) is 0 Å². The number of carbonyl (C=O) groups excluding carboxylic acids is 1. The lowest BCUT2D eigenvalue weighted by Crippen LogP contribution is -2.37. The largest absolute Gasteiger partial charge is 0.348 e. The number of nitrogens with zero attached hydrogens (tertiary/aromatic N) is 1. The van der Waals surface area contributed by atoms with E-state index >= 15 is 0 Å². The molecule has 20 heavy (non-hydrogen) atoms. The third-order valence-electron chi connectivity index (χ3n) is 4.07. The monoisotopic (exact) mass is 275 g/mol. The van der Waals surface area contributed by atoms with Gasteiger partial charge in [-0.25, -0.2) is 9.37 Å². The lowest BCUT2D eigenvalue weighted by atomic mass is 9.87. The molecule has 1 aliphatic carbocycles. The van der Waals surface area contributed by atoms with E-state index in [0.29, 0.717) is 16.7 Å². The van der Waals surface area contributed by atoms with Crippen LogP contribution in [0.4, 0.5) is 4.39 Å². The van der Waals surface area contributed by atoms with Gasteiger partial charge in [-0.1, -0.05) is 6.92 Å². The molecule has 1 amide bonds. The number of H-pyrrole nitrogens is 1. The molecule has 0 aromatic carbocycles. The molecule has 2 aromatic heterocycles. The predicted octanol–water partition coefficient (Wildman–Crippen LogP) is 3.01. The highest BCUT2D eigenvalue weighted by molar-refractivity contribution is 5.97. The van der Waals surface area contributed by atoms with E-state index in [0.717, 1.165) is 31.6 Å². The molecule has 5 heteroatoms. The molecule has 1 fully saturated rings. The van der Waals surface area contributed by atoms with E-state index in [-0.39, 0.29) is 17.8 Å². The first-order valence-corrected chi connectivity index (χ1v) is 7.07. The topological polar surface area (TPSA) is 57.8 Å². The van der Waals surface area contributed by atoms with Crippen molar-refractivity contribution >= 4 is 16.9 Å². The number of pyridine rings is 1. The SMILES string of the molecule is C[C@H]1CC[C@H](NC(=O)c2cc3c(F)ccnc3[nH]2)CC1. The van der Waals surface area contributed by atoms with Crippen LogP contribution in [0.2, 0.25) is 0 Å². The Morgan fingerprint density at radius 2 is 2.15 bits per heavy atom. The highest BCUT2D eigenvalue weighted by atomic mass is 19.1. The van der Waals surface area contributed by atoms with Crippen LogP contribution in [0.3, 0.4) is 0 Å². The number of aromatic amines is 1. The maximum absolute atomic E-state index is 13.6. The number of hydrogen-bond acceptors (Lipinski definition) is 2. The van der Waals surface area contributed by atoms with Crippen LogP contribution in [0.5, 0.6) is 0 Å². The summed E-state index contributed by atoms with van der Waals surface area (Å²) >= 11 is 0. The molecule has 4 nitrogen and oxygen atoms in total. The van der Waals surface area contributed by atoms with Crippen LogP contribution < -0.4 is 5.32 Å². The van der Waals surface area contributed by atoms with E-state index < -0.39 is 0 Å². The Bertz CT molecular complexity index is 629. The highest BCUT2D eigenvalue weighted by Gasteiger charge is 2.21. The van der Waals surface area contributed by atoms with Crippen LogP contribution in [0.15, 0.2) is 18.3 Å². The fraction of sp³-hybridized carbons (Fsp3) is 0.467. The van der Waals surface area contributed by atoms with Gasteiger partial charge in [0.25, 0.3) is 5.91 Å². The fourth-order valence-electron chi connectivity index (χ4n) is 2.78. The van der Waals surface area contributed by atoms with Gasteiger partial charge in [0.2, 0.25) is 0 Å². The first-order chi connectivity index (χ1) is 9.63. The second kappa shape index (κ2) is 5.23. The minimum Gasteiger partial charge on any atom is -0.348 e. The zero-order valence-electron chi connectivity index (χ0n) is 11.4. The quantitative estimate of drug-likeness (QED) is 0.885. The van der Waals surface area contributed by atoms with Gasteiger partial charge in [0.1, 0.15) is 17.2 Å². The van der Waals surface area contributed by atoms with Crippen LogP contribution in [0.1, 0.15) is 43.1 Å². The van der Waals surface area contributed by atoms with E-state index in [2.05, 4.69) is 22.2 Å². The molecule has 2 heterocycles. The minimum atomic E-state index is -0.364. The number of nitrogens with one attached hydrogen (secondary N) is 2. The number of halogens is 1.